The molecule has 1 atom stereocenters. The molecule has 2 rings (SSSR count). The van der Waals surface area contributed by atoms with Gasteiger partial charge in [0.05, 0.1) is 0 Å². The fraction of sp³-hybridized carbons (Fsp3) is 0.647. The van der Waals surface area contributed by atoms with Crippen LogP contribution in [-0.4, -0.2) is 7.05 Å². The maximum absolute atomic E-state index is 3.77. The summed E-state index contributed by atoms with van der Waals surface area (Å²) in [5.41, 5.74) is 2.77. The number of nitrogens with one attached hydrogen (secondary N) is 1. The molecule has 19 heavy (non-hydrogen) atoms. The first kappa shape index (κ1) is 15.1. The van der Waals surface area contributed by atoms with Gasteiger partial charge in [0.15, 0.2) is 0 Å². The molecular formula is C17H26BrN. The highest BCUT2D eigenvalue weighted by Gasteiger charge is 2.28. The van der Waals surface area contributed by atoms with Gasteiger partial charge in [-0.05, 0) is 49.8 Å². The zero-order valence-corrected chi connectivity index (χ0v) is 14.0. The van der Waals surface area contributed by atoms with Gasteiger partial charge in [0.2, 0.25) is 0 Å². The van der Waals surface area contributed by atoms with Crippen LogP contribution in [0.3, 0.4) is 0 Å². The van der Waals surface area contributed by atoms with Crippen molar-refractivity contribution in [2.75, 3.05) is 7.05 Å². The Bertz CT molecular complexity index is 408. The normalized spacial score (nSPS) is 25.3. The number of aryl methyl sites for hydroxylation is 1. The highest BCUT2D eigenvalue weighted by Crippen LogP contribution is 2.40. The average molecular weight is 324 g/mol. The Morgan fingerprint density at radius 2 is 1.95 bits per heavy atom. The van der Waals surface area contributed by atoms with Gasteiger partial charge in [0.1, 0.15) is 0 Å². The van der Waals surface area contributed by atoms with Crippen molar-refractivity contribution in [3.8, 4) is 0 Å². The monoisotopic (exact) mass is 323 g/mol. The Kier molecular flexibility index (Phi) is 5.47. The van der Waals surface area contributed by atoms with E-state index in [4.69, 9.17) is 0 Å². The number of rotatable bonds is 4. The molecule has 1 N–H and O–H groups in total. The summed E-state index contributed by atoms with van der Waals surface area (Å²) in [5, 5.41) is 3.56. The molecule has 1 fully saturated rings. The summed E-state index contributed by atoms with van der Waals surface area (Å²) in [6, 6.07) is 7.11. The predicted octanol–water partition coefficient (Wildman–Crippen LogP) is 5.23. The first-order chi connectivity index (χ1) is 9.17. The fourth-order valence-electron chi connectivity index (χ4n) is 3.49. The maximum Gasteiger partial charge on any atom is 0.0357 e. The molecule has 106 valence electrons. The third kappa shape index (κ3) is 3.41. The third-order valence-corrected chi connectivity index (χ3v) is 5.89. The van der Waals surface area contributed by atoms with Gasteiger partial charge in [-0.25, -0.2) is 0 Å². The fourth-order valence-corrected chi connectivity index (χ4v) is 4.00. The summed E-state index contributed by atoms with van der Waals surface area (Å²) in [7, 11) is 2.10. The Morgan fingerprint density at radius 1 is 1.26 bits per heavy atom. The number of hydrogen-bond donors (Lipinski definition) is 1. The molecule has 0 aliphatic heterocycles. The first-order valence-electron chi connectivity index (χ1n) is 7.59. The molecule has 0 heterocycles. The predicted molar refractivity (Wildman–Crippen MR) is 86.4 cm³/mol. The second-order valence-electron chi connectivity index (χ2n) is 5.93. The van der Waals surface area contributed by atoms with Crippen molar-refractivity contribution in [1.29, 1.82) is 0 Å². The average Bonchev–Trinajstić information content (AvgIpc) is 2.45. The van der Waals surface area contributed by atoms with Crippen LogP contribution < -0.4 is 5.32 Å². The Balaban J connectivity index is 2.14. The van der Waals surface area contributed by atoms with E-state index in [0.29, 0.717) is 6.04 Å². The van der Waals surface area contributed by atoms with E-state index in [-0.39, 0.29) is 0 Å². The topological polar surface area (TPSA) is 12.0 Å². The summed E-state index contributed by atoms with van der Waals surface area (Å²) in [6.07, 6.45) is 6.89. The van der Waals surface area contributed by atoms with Gasteiger partial charge >= 0.3 is 0 Å². The number of hydrogen-bond acceptors (Lipinski definition) is 1. The van der Waals surface area contributed by atoms with Crippen molar-refractivity contribution in [2.24, 2.45) is 11.8 Å². The first-order valence-corrected chi connectivity index (χ1v) is 8.39. The number of benzene rings is 1. The minimum atomic E-state index is 0.493. The lowest BCUT2D eigenvalue weighted by atomic mass is 9.76. The molecule has 1 aromatic carbocycles. The van der Waals surface area contributed by atoms with Crippen molar-refractivity contribution in [1.82, 2.24) is 5.32 Å². The standard InChI is InChI=1S/C17H26BrN/c1-4-13-8-10-14(11-9-13)17(19-3)15-7-5-6-12(2)16(15)18/h5-7,13-14,17,19H,4,8-11H2,1-3H3. The van der Waals surface area contributed by atoms with Crippen LogP contribution in [0.4, 0.5) is 0 Å². The van der Waals surface area contributed by atoms with Crippen LogP contribution in [0.25, 0.3) is 0 Å². The molecule has 0 radical (unpaired) electrons. The van der Waals surface area contributed by atoms with Gasteiger partial charge in [-0.3, -0.25) is 0 Å². The molecule has 0 amide bonds. The molecule has 0 spiro atoms. The minimum Gasteiger partial charge on any atom is -0.313 e. The zero-order chi connectivity index (χ0) is 13.8. The molecule has 2 heteroatoms. The van der Waals surface area contributed by atoms with Crippen molar-refractivity contribution < 1.29 is 0 Å². The smallest absolute Gasteiger partial charge is 0.0357 e. The van der Waals surface area contributed by atoms with Gasteiger partial charge in [0.25, 0.3) is 0 Å². The van der Waals surface area contributed by atoms with Crippen molar-refractivity contribution in [3.63, 3.8) is 0 Å². The van der Waals surface area contributed by atoms with Crippen molar-refractivity contribution in [3.05, 3.63) is 33.8 Å². The summed E-state index contributed by atoms with van der Waals surface area (Å²) >= 11 is 3.77. The van der Waals surface area contributed by atoms with Gasteiger partial charge in [-0.2, -0.15) is 0 Å². The summed E-state index contributed by atoms with van der Waals surface area (Å²) in [6.45, 7) is 4.51. The SMILES string of the molecule is CCC1CCC(C(NC)c2cccc(C)c2Br)CC1. The highest BCUT2D eigenvalue weighted by molar-refractivity contribution is 9.10. The lowest BCUT2D eigenvalue weighted by molar-refractivity contribution is 0.224. The minimum absolute atomic E-state index is 0.493. The molecule has 0 bridgehead atoms. The molecule has 1 aromatic rings. The van der Waals surface area contributed by atoms with E-state index in [1.54, 1.807) is 0 Å². The van der Waals surface area contributed by atoms with Crippen LogP contribution >= 0.6 is 15.9 Å². The van der Waals surface area contributed by atoms with Crippen molar-refractivity contribution >= 4 is 15.9 Å². The molecule has 0 aromatic heterocycles. The van der Waals surface area contributed by atoms with E-state index >= 15 is 0 Å². The summed E-state index contributed by atoms with van der Waals surface area (Å²) in [5.74, 6) is 1.75. The van der Waals surface area contributed by atoms with E-state index in [2.05, 4.69) is 60.3 Å². The van der Waals surface area contributed by atoms with Crippen LogP contribution in [0, 0.1) is 18.8 Å². The van der Waals surface area contributed by atoms with Crippen molar-refractivity contribution in [2.45, 2.75) is 52.0 Å². The van der Waals surface area contributed by atoms with Crippen LogP contribution in [0.1, 0.15) is 56.2 Å². The van der Waals surface area contributed by atoms with E-state index in [0.717, 1.165) is 11.8 Å². The quantitative estimate of drug-likeness (QED) is 0.799. The van der Waals surface area contributed by atoms with Gasteiger partial charge < -0.3 is 5.32 Å². The van der Waals surface area contributed by atoms with E-state index in [9.17, 15) is 0 Å². The Morgan fingerprint density at radius 3 is 2.53 bits per heavy atom. The largest absolute Gasteiger partial charge is 0.313 e. The Labute approximate surface area is 126 Å². The van der Waals surface area contributed by atoms with Gasteiger partial charge in [-0.15, -0.1) is 0 Å². The molecule has 1 unspecified atom stereocenters. The van der Waals surface area contributed by atoms with Crippen LogP contribution in [0.15, 0.2) is 22.7 Å². The zero-order valence-electron chi connectivity index (χ0n) is 12.4. The lowest BCUT2D eigenvalue weighted by Gasteiger charge is -2.34. The van der Waals surface area contributed by atoms with Crippen LogP contribution in [0.2, 0.25) is 0 Å². The van der Waals surface area contributed by atoms with Gasteiger partial charge in [0, 0.05) is 10.5 Å². The Hall–Kier alpha value is -0.340. The van der Waals surface area contributed by atoms with Crippen LogP contribution in [0.5, 0.6) is 0 Å². The van der Waals surface area contributed by atoms with Gasteiger partial charge in [-0.1, -0.05) is 60.3 Å². The second-order valence-corrected chi connectivity index (χ2v) is 6.73. The number of halogens is 1. The van der Waals surface area contributed by atoms with E-state index in [1.807, 2.05) is 0 Å². The third-order valence-electron chi connectivity index (χ3n) is 4.81. The molecule has 1 saturated carbocycles. The molecule has 1 nitrogen and oxygen atoms in total. The second kappa shape index (κ2) is 6.90. The summed E-state index contributed by atoms with van der Waals surface area (Å²) in [4.78, 5) is 0. The summed E-state index contributed by atoms with van der Waals surface area (Å²) < 4.78 is 1.28. The van der Waals surface area contributed by atoms with Crippen LogP contribution in [-0.2, 0) is 0 Å². The van der Waals surface area contributed by atoms with E-state index < -0.39 is 0 Å². The highest BCUT2D eigenvalue weighted by atomic mass is 79.9. The lowest BCUT2D eigenvalue weighted by Crippen LogP contribution is -2.29. The molecule has 1 aliphatic rings. The maximum atomic E-state index is 3.77. The molecular weight excluding hydrogens is 298 g/mol. The van der Waals surface area contributed by atoms with E-state index in [1.165, 1.54) is 47.7 Å². The molecule has 0 saturated heterocycles. The molecule has 1 aliphatic carbocycles.